The summed E-state index contributed by atoms with van der Waals surface area (Å²) in [6.45, 7) is 2.28. The normalized spacial score (nSPS) is 16.0. The van der Waals surface area contributed by atoms with E-state index < -0.39 is 5.97 Å². The molecule has 2 heterocycles. The largest absolute Gasteiger partial charge is 0.478 e. The van der Waals surface area contributed by atoms with Crippen LogP contribution >= 0.6 is 23.1 Å². The molecule has 0 fully saturated rings. The Bertz CT molecular complexity index is 1060. The fourth-order valence-corrected chi connectivity index (χ4v) is 5.66. The maximum Gasteiger partial charge on any atom is 0.335 e. The molecule has 0 aliphatic heterocycles. The van der Waals surface area contributed by atoms with E-state index in [2.05, 4.69) is 22.2 Å². The van der Waals surface area contributed by atoms with Gasteiger partial charge in [0, 0.05) is 16.0 Å². The third-order valence-electron chi connectivity index (χ3n) is 4.79. The first kappa shape index (κ1) is 18.9. The summed E-state index contributed by atoms with van der Waals surface area (Å²) in [7, 11) is 0. The number of fused-ring (bicyclic) bond motifs is 3. The van der Waals surface area contributed by atoms with E-state index in [4.69, 9.17) is 5.11 Å². The van der Waals surface area contributed by atoms with E-state index in [1.165, 1.54) is 34.3 Å². The standard InChI is InChI=1S/C20H19N3O3S2/c1-11-5-6-14-15(7-11)28-19-17(14)18(21-10-22-19)27-9-16(24)23-13-4-2-3-12(8-13)20(25)26/h2-4,8,10-11H,5-7,9H2,1H3,(H,23,24)(H,25,26)/t11-/m1/s1. The second kappa shape index (κ2) is 7.89. The Morgan fingerprint density at radius 3 is 3.04 bits per heavy atom. The second-order valence-electron chi connectivity index (χ2n) is 6.93. The number of carbonyl (C=O) groups is 2. The molecule has 28 heavy (non-hydrogen) atoms. The van der Waals surface area contributed by atoms with E-state index >= 15 is 0 Å². The Morgan fingerprint density at radius 2 is 2.21 bits per heavy atom. The zero-order valence-corrected chi connectivity index (χ0v) is 16.9. The number of nitrogens with one attached hydrogen (secondary N) is 1. The molecule has 2 aromatic heterocycles. The van der Waals surface area contributed by atoms with Gasteiger partial charge in [0.05, 0.1) is 11.3 Å². The van der Waals surface area contributed by atoms with Crippen molar-refractivity contribution < 1.29 is 14.7 Å². The van der Waals surface area contributed by atoms with Gasteiger partial charge in [-0.05, 0) is 48.9 Å². The molecule has 0 saturated heterocycles. The third kappa shape index (κ3) is 3.88. The van der Waals surface area contributed by atoms with Crippen molar-refractivity contribution in [2.24, 2.45) is 5.92 Å². The minimum atomic E-state index is -1.02. The molecule has 0 unspecified atom stereocenters. The minimum Gasteiger partial charge on any atom is -0.478 e. The fourth-order valence-electron chi connectivity index (χ4n) is 3.42. The van der Waals surface area contributed by atoms with Gasteiger partial charge in [-0.15, -0.1) is 11.3 Å². The number of hydrogen-bond acceptors (Lipinski definition) is 6. The molecule has 0 saturated carbocycles. The highest BCUT2D eigenvalue weighted by Crippen LogP contribution is 2.40. The maximum absolute atomic E-state index is 12.4. The summed E-state index contributed by atoms with van der Waals surface area (Å²) in [6, 6.07) is 6.22. The smallest absolute Gasteiger partial charge is 0.335 e. The molecule has 0 spiro atoms. The fraction of sp³-hybridized carbons (Fsp3) is 0.300. The molecule has 4 rings (SSSR count). The van der Waals surface area contributed by atoms with Gasteiger partial charge in [-0.25, -0.2) is 14.8 Å². The van der Waals surface area contributed by atoms with Crippen molar-refractivity contribution in [1.82, 2.24) is 9.97 Å². The van der Waals surface area contributed by atoms with Gasteiger partial charge in [-0.2, -0.15) is 0 Å². The SMILES string of the molecule is C[C@@H]1CCc2c(sc3ncnc(SCC(=O)Nc4cccc(C(=O)O)c4)c23)C1. The number of nitrogens with zero attached hydrogens (tertiary/aromatic N) is 2. The second-order valence-corrected chi connectivity index (χ2v) is 8.98. The number of benzene rings is 1. The number of carboxylic acids is 1. The van der Waals surface area contributed by atoms with Crippen LogP contribution < -0.4 is 5.32 Å². The van der Waals surface area contributed by atoms with Crippen molar-refractivity contribution >= 4 is 50.9 Å². The third-order valence-corrected chi connectivity index (χ3v) is 6.94. The van der Waals surface area contributed by atoms with Gasteiger partial charge in [0.2, 0.25) is 5.91 Å². The Hall–Kier alpha value is -2.45. The number of aromatic nitrogens is 2. The molecular weight excluding hydrogens is 394 g/mol. The van der Waals surface area contributed by atoms with E-state index in [1.54, 1.807) is 29.8 Å². The lowest BCUT2D eigenvalue weighted by molar-refractivity contribution is -0.113. The van der Waals surface area contributed by atoms with Crippen LogP contribution in [-0.4, -0.2) is 32.7 Å². The summed E-state index contributed by atoms with van der Waals surface area (Å²) >= 11 is 3.13. The number of carboxylic acid groups (broad SMARTS) is 1. The molecule has 8 heteroatoms. The summed E-state index contributed by atoms with van der Waals surface area (Å²) in [5, 5.41) is 13.7. The number of hydrogen-bond donors (Lipinski definition) is 2. The van der Waals surface area contributed by atoms with Crippen LogP contribution in [0.15, 0.2) is 35.6 Å². The van der Waals surface area contributed by atoms with Crippen molar-refractivity contribution in [1.29, 1.82) is 0 Å². The lowest BCUT2D eigenvalue weighted by atomic mass is 9.89. The van der Waals surface area contributed by atoms with E-state index in [0.717, 1.165) is 34.5 Å². The molecule has 1 aliphatic rings. The highest BCUT2D eigenvalue weighted by Gasteiger charge is 2.23. The lowest BCUT2D eigenvalue weighted by Crippen LogP contribution is -2.14. The summed E-state index contributed by atoms with van der Waals surface area (Å²) in [5.74, 6) is -0.329. The molecule has 1 aliphatic carbocycles. The van der Waals surface area contributed by atoms with Gasteiger partial charge < -0.3 is 10.4 Å². The van der Waals surface area contributed by atoms with Crippen LogP contribution in [-0.2, 0) is 17.6 Å². The van der Waals surface area contributed by atoms with Crippen molar-refractivity contribution in [3.05, 3.63) is 46.6 Å². The molecule has 1 aromatic carbocycles. The van der Waals surface area contributed by atoms with Crippen molar-refractivity contribution in [3.63, 3.8) is 0 Å². The maximum atomic E-state index is 12.4. The number of anilines is 1. The van der Waals surface area contributed by atoms with Crippen molar-refractivity contribution in [2.45, 2.75) is 31.2 Å². The monoisotopic (exact) mass is 413 g/mol. The summed E-state index contributed by atoms with van der Waals surface area (Å²) < 4.78 is 0. The molecule has 3 aromatic rings. The quantitative estimate of drug-likeness (QED) is 0.480. The first-order valence-corrected chi connectivity index (χ1v) is 10.8. The Kier molecular flexibility index (Phi) is 5.32. The molecule has 1 amide bonds. The van der Waals surface area contributed by atoms with Gasteiger partial charge in [0.25, 0.3) is 0 Å². The van der Waals surface area contributed by atoms with Crippen LogP contribution in [0.3, 0.4) is 0 Å². The summed E-state index contributed by atoms with van der Waals surface area (Å²) in [4.78, 5) is 34.6. The molecule has 0 bridgehead atoms. The zero-order valence-electron chi connectivity index (χ0n) is 15.3. The molecule has 2 N–H and O–H groups in total. The van der Waals surface area contributed by atoms with Crippen LogP contribution in [0.25, 0.3) is 10.2 Å². The predicted octanol–water partition coefficient (Wildman–Crippen LogP) is 4.25. The van der Waals surface area contributed by atoms with Crippen molar-refractivity contribution in [3.8, 4) is 0 Å². The number of thiophene rings is 1. The minimum absolute atomic E-state index is 0.141. The summed E-state index contributed by atoms with van der Waals surface area (Å²) in [5.41, 5.74) is 1.96. The number of carbonyl (C=O) groups excluding carboxylic acids is 1. The Balaban J connectivity index is 1.49. The average Bonchev–Trinajstić information content (AvgIpc) is 3.04. The van der Waals surface area contributed by atoms with Crippen LogP contribution in [0.2, 0.25) is 0 Å². The van der Waals surface area contributed by atoms with Crippen LogP contribution in [0.5, 0.6) is 0 Å². The first-order chi connectivity index (χ1) is 13.5. The first-order valence-electron chi connectivity index (χ1n) is 9.02. The molecule has 0 radical (unpaired) electrons. The van der Waals surface area contributed by atoms with E-state index in [1.807, 2.05) is 0 Å². The van der Waals surface area contributed by atoms with Gasteiger partial charge in [0.1, 0.15) is 16.2 Å². The van der Waals surface area contributed by atoms with Gasteiger partial charge in [-0.1, -0.05) is 24.8 Å². The molecule has 144 valence electrons. The van der Waals surface area contributed by atoms with Gasteiger partial charge in [0.15, 0.2) is 0 Å². The number of aromatic carboxylic acids is 1. The van der Waals surface area contributed by atoms with Gasteiger partial charge >= 0.3 is 5.97 Å². The van der Waals surface area contributed by atoms with Crippen LogP contribution in [0.1, 0.15) is 34.1 Å². The Morgan fingerprint density at radius 1 is 1.36 bits per heavy atom. The van der Waals surface area contributed by atoms with Crippen LogP contribution in [0.4, 0.5) is 5.69 Å². The number of aryl methyl sites for hydroxylation is 1. The van der Waals surface area contributed by atoms with Crippen LogP contribution in [0, 0.1) is 5.92 Å². The van der Waals surface area contributed by atoms with E-state index in [9.17, 15) is 9.59 Å². The lowest BCUT2D eigenvalue weighted by Gasteiger charge is -2.18. The predicted molar refractivity (Wildman–Crippen MR) is 111 cm³/mol. The van der Waals surface area contributed by atoms with E-state index in [-0.39, 0.29) is 17.2 Å². The Labute approximate surface area is 170 Å². The van der Waals surface area contributed by atoms with Crippen molar-refractivity contribution in [2.75, 3.05) is 11.1 Å². The zero-order chi connectivity index (χ0) is 19.7. The topological polar surface area (TPSA) is 92.2 Å². The number of amides is 1. The number of thioether (sulfide) groups is 1. The summed E-state index contributed by atoms with van der Waals surface area (Å²) in [6.07, 6.45) is 4.84. The van der Waals surface area contributed by atoms with E-state index in [0.29, 0.717) is 11.6 Å². The highest BCUT2D eigenvalue weighted by atomic mass is 32.2. The van der Waals surface area contributed by atoms with Gasteiger partial charge in [-0.3, -0.25) is 4.79 Å². The number of rotatable bonds is 5. The molecule has 6 nitrogen and oxygen atoms in total. The average molecular weight is 414 g/mol. The highest BCUT2D eigenvalue weighted by molar-refractivity contribution is 8.00. The molecule has 1 atom stereocenters. The molecular formula is C20H19N3O3S2.